The number of hydrogen-bond donors (Lipinski definition) is 0. The van der Waals surface area contributed by atoms with Gasteiger partial charge in [0.05, 0.1) is 4.90 Å². The molecule has 2 atom stereocenters. The molecule has 0 saturated carbocycles. The lowest BCUT2D eigenvalue weighted by molar-refractivity contribution is -0.154. The molecule has 0 radical (unpaired) electrons. The van der Waals surface area contributed by atoms with Gasteiger partial charge in [-0.2, -0.15) is 4.31 Å². The molecule has 1 unspecified atom stereocenters. The van der Waals surface area contributed by atoms with Gasteiger partial charge in [-0.3, -0.25) is 4.79 Å². The second-order valence-electron chi connectivity index (χ2n) is 5.94. The predicted molar refractivity (Wildman–Crippen MR) is 74.7 cm³/mol. The maximum Gasteiger partial charge on any atom is 0.326 e. The van der Waals surface area contributed by atoms with Crippen LogP contribution in [0, 0.1) is 6.92 Å². The standard InChI is InChI=1S/C14H19NO4S/c1-10-5-7-11(8-6-10)20(17,18)15-9-12(15)13(16)19-14(2,3)4/h5-8,12H,9H2,1-4H3/t12-,15?/m0/s1. The number of sulfonamides is 1. The third kappa shape index (κ3) is 3.19. The third-order valence-electron chi connectivity index (χ3n) is 2.87. The van der Waals surface area contributed by atoms with Crippen molar-refractivity contribution >= 4 is 16.0 Å². The van der Waals surface area contributed by atoms with Crippen LogP contribution in [0.2, 0.25) is 0 Å². The van der Waals surface area contributed by atoms with Gasteiger partial charge in [-0.05, 0) is 39.8 Å². The SMILES string of the molecule is Cc1ccc(S(=O)(=O)N2C[C@H]2C(=O)OC(C)(C)C)cc1. The van der Waals surface area contributed by atoms with E-state index in [1.807, 2.05) is 6.92 Å². The largest absolute Gasteiger partial charge is 0.459 e. The zero-order valence-electron chi connectivity index (χ0n) is 12.1. The lowest BCUT2D eigenvalue weighted by Gasteiger charge is -2.19. The Kier molecular flexibility index (Phi) is 3.64. The van der Waals surface area contributed by atoms with E-state index in [-0.39, 0.29) is 11.4 Å². The molecule has 0 amide bonds. The Morgan fingerprint density at radius 2 is 1.80 bits per heavy atom. The topological polar surface area (TPSA) is 63.5 Å². The Morgan fingerprint density at radius 3 is 2.30 bits per heavy atom. The summed E-state index contributed by atoms with van der Waals surface area (Å²) in [6.07, 6.45) is 0. The fourth-order valence-corrected chi connectivity index (χ4v) is 3.31. The van der Waals surface area contributed by atoms with Crippen LogP contribution in [0.3, 0.4) is 0 Å². The van der Waals surface area contributed by atoms with Crippen LogP contribution in [0.4, 0.5) is 0 Å². The van der Waals surface area contributed by atoms with E-state index in [1.54, 1.807) is 45.0 Å². The number of nitrogens with zero attached hydrogens (tertiary/aromatic N) is 1. The van der Waals surface area contributed by atoms with E-state index in [2.05, 4.69) is 0 Å². The number of carbonyl (C=O) groups is 1. The van der Waals surface area contributed by atoms with Crippen LogP contribution in [0.15, 0.2) is 29.2 Å². The van der Waals surface area contributed by atoms with Crippen molar-refractivity contribution in [3.63, 3.8) is 0 Å². The maximum absolute atomic E-state index is 12.3. The van der Waals surface area contributed by atoms with Crippen LogP contribution in [0.1, 0.15) is 26.3 Å². The van der Waals surface area contributed by atoms with Crippen LogP contribution < -0.4 is 0 Å². The van der Waals surface area contributed by atoms with Gasteiger partial charge in [-0.25, -0.2) is 8.42 Å². The molecule has 1 aliphatic rings. The van der Waals surface area contributed by atoms with Gasteiger partial charge in [-0.1, -0.05) is 17.7 Å². The fourth-order valence-electron chi connectivity index (χ4n) is 1.80. The van der Waals surface area contributed by atoms with Crippen molar-refractivity contribution in [2.24, 2.45) is 0 Å². The molecule has 1 saturated heterocycles. The smallest absolute Gasteiger partial charge is 0.326 e. The van der Waals surface area contributed by atoms with E-state index >= 15 is 0 Å². The first kappa shape index (κ1) is 15.0. The summed E-state index contributed by atoms with van der Waals surface area (Å²) < 4.78 is 31.0. The molecule has 0 bridgehead atoms. The van der Waals surface area contributed by atoms with E-state index in [1.165, 1.54) is 0 Å². The highest BCUT2D eigenvalue weighted by Crippen LogP contribution is 2.30. The molecule has 0 aliphatic carbocycles. The minimum Gasteiger partial charge on any atom is -0.459 e. The van der Waals surface area contributed by atoms with E-state index < -0.39 is 27.6 Å². The molecule has 0 N–H and O–H groups in total. The normalized spacial score (nSPS) is 22.4. The van der Waals surface area contributed by atoms with E-state index in [9.17, 15) is 13.2 Å². The summed E-state index contributed by atoms with van der Waals surface area (Å²) in [7, 11) is -3.60. The number of hydrogen-bond acceptors (Lipinski definition) is 4. The molecular formula is C14H19NO4S. The van der Waals surface area contributed by atoms with Gasteiger partial charge < -0.3 is 4.74 Å². The van der Waals surface area contributed by atoms with Gasteiger partial charge in [0.25, 0.3) is 0 Å². The first-order valence-corrected chi connectivity index (χ1v) is 7.87. The molecule has 1 aromatic carbocycles. The Labute approximate surface area is 119 Å². The molecular weight excluding hydrogens is 278 g/mol. The van der Waals surface area contributed by atoms with Crippen molar-refractivity contribution in [1.82, 2.24) is 4.31 Å². The Hall–Kier alpha value is -1.40. The van der Waals surface area contributed by atoms with Gasteiger partial charge >= 0.3 is 5.97 Å². The molecule has 1 aliphatic heterocycles. The van der Waals surface area contributed by atoms with E-state index in [0.29, 0.717) is 0 Å². The van der Waals surface area contributed by atoms with E-state index in [0.717, 1.165) is 9.87 Å². The minimum atomic E-state index is -3.60. The zero-order valence-corrected chi connectivity index (χ0v) is 12.9. The van der Waals surface area contributed by atoms with Crippen LogP contribution in [0.25, 0.3) is 0 Å². The van der Waals surface area contributed by atoms with Gasteiger partial charge in [0.2, 0.25) is 10.0 Å². The summed E-state index contributed by atoms with van der Waals surface area (Å²) in [5, 5.41) is 0. The van der Waals surface area contributed by atoms with Crippen molar-refractivity contribution in [2.45, 2.75) is 44.2 Å². The minimum absolute atomic E-state index is 0.186. The molecule has 6 heteroatoms. The highest BCUT2D eigenvalue weighted by atomic mass is 32.2. The Bertz CT molecular complexity index is 614. The summed E-state index contributed by atoms with van der Waals surface area (Å²) in [5.74, 6) is -0.492. The second-order valence-corrected chi connectivity index (χ2v) is 7.83. The number of aryl methyl sites for hydroxylation is 1. The average Bonchev–Trinajstić information content (AvgIpc) is 3.07. The fraction of sp³-hybridized carbons (Fsp3) is 0.500. The average molecular weight is 297 g/mol. The van der Waals surface area contributed by atoms with Crippen molar-refractivity contribution < 1.29 is 17.9 Å². The van der Waals surface area contributed by atoms with Gasteiger partial charge in [-0.15, -0.1) is 0 Å². The van der Waals surface area contributed by atoms with E-state index in [4.69, 9.17) is 4.74 Å². The van der Waals surface area contributed by atoms with Gasteiger partial charge in [0.1, 0.15) is 11.6 Å². The third-order valence-corrected chi connectivity index (χ3v) is 4.76. The Morgan fingerprint density at radius 1 is 1.25 bits per heavy atom. The molecule has 110 valence electrons. The Balaban J connectivity index is 2.11. The molecule has 2 rings (SSSR count). The summed E-state index contributed by atoms with van der Waals surface area (Å²) in [4.78, 5) is 12.0. The number of ether oxygens (including phenoxy) is 1. The van der Waals surface area contributed by atoms with Crippen LogP contribution in [-0.4, -0.2) is 36.9 Å². The zero-order chi connectivity index (χ0) is 15.1. The molecule has 1 aromatic rings. The van der Waals surface area contributed by atoms with Gasteiger partial charge in [0.15, 0.2) is 0 Å². The van der Waals surface area contributed by atoms with Crippen molar-refractivity contribution in [3.05, 3.63) is 29.8 Å². The van der Waals surface area contributed by atoms with Crippen LogP contribution in [-0.2, 0) is 19.6 Å². The molecule has 1 heterocycles. The van der Waals surface area contributed by atoms with Crippen LogP contribution in [0.5, 0.6) is 0 Å². The van der Waals surface area contributed by atoms with Crippen molar-refractivity contribution in [2.75, 3.05) is 6.54 Å². The molecule has 1 fully saturated rings. The van der Waals surface area contributed by atoms with Crippen LogP contribution >= 0.6 is 0 Å². The maximum atomic E-state index is 12.3. The molecule has 20 heavy (non-hydrogen) atoms. The molecule has 0 aromatic heterocycles. The summed E-state index contributed by atoms with van der Waals surface area (Å²) in [5.41, 5.74) is 0.373. The quantitative estimate of drug-likeness (QED) is 0.629. The highest BCUT2D eigenvalue weighted by molar-refractivity contribution is 7.89. The highest BCUT2D eigenvalue weighted by Gasteiger charge is 2.51. The van der Waals surface area contributed by atoms with Crippen molar-refractivity contribution in [1.29, 1.82) is 0 Å². The van der Waals surface area contributed by atoms with Gasteiger partial charge in [0, 0.05) is 6.54 Å². The second kappa shape index (κ2) is 4.86. The lowest BCUT2D eigenvalue weighted by atomic mass is 10.2. The summed E-state index contributed by atoms with van der Waals surface area (Å²) in [6.45, 7) is 7.34. The lowest BCUT2D eigenvalue weighted by Crippen LogP contribution is -2.29. The van der Waals surface area contributed by atoms with Crippen molar-refractivity contribution in [3.8, 4) is 0 Å². The molecule has 0 spiro atoms. The molecule has 5 nitrogen and oxygen atoms in total. The predicted octanol–water partition coefficient (Wildman–Crippen LogP) is 1.71. The number of rotatable bonds is 3. The number of esters is 1. The number of benzene rings is 1. The summed E-state index contributed by atoms with van der Waals surface area (Å²) in [6, 6.07) is 5.88. The number of carbonyl (C=O) groups excluding carboxylic acids is 1. The summed E-state index contributed by atoms with van der Waals surface area (Å²) >= 11 is 0. The first-order valence-electron chi connectivity index (χ1n) is 6.43. The monoisotopic (exact) mass is 297 g/mol. The first-order chi connectivity index (χ1) is 9.11.